The Hall–Kier alpha value is -2.93. The molecule has 0 bridgehead atoms. The lowest BCUT2D eigenvalue weighted by atomic mass is 9.63. The number of hydrogen-bond donors (Lipinski definition) is 0. The average Bonchev–Trinajstić information content (AvgIpc) is 2.88. The van der Waals surface area contributed by atoms with Crippen LogP contribution in [0.3, 0.4) is 0 Å². The van der Waals surface area contributed by atoms with Crippen LogP contribution in [-0.4, -0.2) is 29.6 Å². The number of nitrogens with zero attached hydrogens (tertiary/aromatic N) is 1. The molecule has 42 heavy (non-hydrogen) atoms. The van der Waals surface area contributed by atoms with Crippen LogP contribution in [-0.2, 0) is 16.2 Å². The van der Waals surface area contributed by atoms with Gasteiger partial charge in [0.25, 0.3) is 0 Å². The number of benzene rings is 2. The number of carbonyl (C=O) groups is 2. The molecule has 0 aromatic heterocycles. The highest BCUT2D eigenvalue weighted by Crippen LogP contribution is 2.55. The number of carbonyl (C=O) groups excluding carboxylic acids is 2. The van der Waals surface area contributed by atoms with Gasteiger partial charge in [-0.05, 0) is 88.3 Å². The summed E-state index contributed by atoms with van der Waals surface area (Å²) in [7, 11) is 0. The van der Waals surface area contributed by atoms with Crippen molar-refractivity contribution in [1.82, 2.24) is 4.90 Å². The summed E-state index contributed by atoms with van der Waals surface area (Å²) in [5.41, 5.74) is 5.00. The van der Waals surface area contributed by atoms with Crippen molar-refractivity contribution in [1.29, 1.82) is 0 Å². The van der Waals surface area contributed by atoms with E-state index in [-0.39, 0.29) is 34.8 Å². The summed E-state index contributed by atoms with van der Waals surface area (Å²) < 4.78 is 26.4. The van der Waals surface area contributed by atoms with E-state index in [1.165, 1.54) is 12.1 Å². The van der Waals surface area contributed by atoms with E-state index in [1.807, 2.05) is 19.1 Å². The predicted octanol–water partition coefficient (Wildman–Crippen LogP) is 8.66. The zero-order valence-electron chi connectivity index (χ0n) is 25.5. The highest BCUT2D eigenvalue weighted by Gasteiger charge is 2.49. The number of allylic oxidation sites excluding steroid dienone is 4. The van der Waals surface area contributed by atoms with E-state index in [4.69, 9.17) is 9.47 Å². The molecule has 1 aliphatic heterocycles. The second kappa shape index (κ2) is 11.6. The molecule has 2 aromatic rings. The largest absolute Gasteiger partial charge is 0.490 e. The van der Waals surface area contributed by atoms with Gasteiger partial charge in [0, 0.05) is 47.8 Å². The van der Waals surface area contributed by atoms with E-state index in [2.05, 4.69) is 55.4 Å². The average molecular weight is 639 g/mol. The molecule has 0 N–H and O–H groups in total. The summed E-state index contributed by atoms with van der Waals surface area (Å²) in [6, 6.07) is 10.1. The van der Waals surface area contributed by atoms with Crippen molar-refractivity contribution < 1.29 is 23.5 Å². The molecular formula is C35H41BrFNO4. The topological polar surface area (TPSA) is 55.8 Å². The van der Waals surface area contributed by atoms with Crippen molar-refractivity contribution >= 4 is 27.5 Å². The summed E-state index contributed by atoms with van der Waals surface area (Å²) in [6.07, 6.45) is 3.39. The van der Waals surface area contributed by atoms with Crippen LogP contribution >= 0.6 is 15.9 Å². The van der Waals surface area contributed by atoms with E-state index in [1.54, 1.807) is 12.1 Å². The summed E-state index contributed by atoms with van der Waals surface area (Å²) >= 11 is 3.72. The summed E-state index contributed by atoms with van der Waals surface area (Å²) in [4.78, 5) is 30.4. The minimum atomic E-state index is -0.461. The molecule has 2 aliphatic carbocycles. The first-order valence-electron chi connectivity index (χ1n) is 15.0. The minimum Gasteiger partial charge on any atom is -0.490 e. The fourth-order valence-electron chi connectivity index (χ4n) is 6.77. The van der Waals surface area contributed by atoms with E-state index < -0.39 is 5.92 Å². The Morgan fingerprint density at radius 3 is 1.98 bits per heavy atom. The molecule has 0 radical (unpaired) electrons. The fourth-order valence-corrected chi connectivity index (χ4v) is 7.34. The van der Waals surface area contributed by atoms with Crippen LogP contribution in [0.1, 0.15) is 90.7 Å². The molecule has 0 amide bonds. The first-order chi connectivity index (χ1) is 19.8. The third-order valence-electron chi connectivity index (χ3n) is 8.43. The van der Waals surface area contributed by atoms with Gasteiger partial charge in [0.2, 0.25) is 0 Å². The summed E-state index contributed by atoms with van der Waals surface area (Å²) in [5.74, 6) is 0.537. The Balaban J connectivity index is 1.66. The van der Waals surface area contributed by atoms with E-state index in [0.717, 1.165) is 59.5 Å². The highest BCUT2D eigenvalue weighted by atomic mass is 79.9. The molecule has 0 unspecified atom stereocenters. The molecule has 5 rings (SSSR count). The Labute approximate surface area is 257 Å². The Morgan fingerprint density at radius 2 is 1.45 bits per heavy atom. The molecule has 0 saturated carbocycles. The van der Waals surface area contributed by atoms with Gasteiger partial charge in [-0.3, -0.25) is 9.59 Å². The number of ketones is 2. The van der Waals surface area contributed by atoms with Gasteiger partial charge in [0.15, 0.2) is 23.1 Å². The molecule has 0 atom stereocenters. The smallest absolute Gasteiger partial charge is 0.175 e. The zero-order valence-corrected chi connectivity index (χ0v) is 27.1. The lowest BCUT2D eigenvalue weighted by Crippen LogP contribution is -2.44. The van der Waals surface area contributed by atoms with E-state index in [9.17, 15) is 14.0 Å². The van der Waals surface area contributed by atoms with Gasteiger partial charge in [-0.2, -0.15) is 0 Å². The second-order valence-corrected chi connectivity index (χ2v) is 14.2. The molecule has 224 valence electrons. The molecule has 0 saturated heterocycles. The maximum Gasteiger partial charge on any atom is 0.175 e. The van der Waals surface area contributed by atoms with Crippen molar-refractivity contribution in [3.05, 3.63) is 80.4 Å². The van der Waals surface area contributed by atoms with Crippen molar-refractivity contribution in [3.63, 3.8) is 0 Å². The molecule has 5 nitrogen and oxygen atoms in total. The van der Waals surface area contributed by atoms with Gasteiger partial charge < -0.3 is 14.4 Å². The van der Waals surface area contributed by atoms with Crippen LogP contribution in [0, 0.1) is 16.6 Å². The van der Waals surface area contributed by atoms with Gasteiger partial charge >= 0.3 is 0 Å². The molecule has 3 aliphatic rings. The van der Waals surface area contributed by atoms with Gasteiger partial charge in [-0.1, -0.05) is 46.8 Å². The number of ether oxygens (including phenoxy) is 2. The third-order valence-corrected chi connectivity index (χ3v) is 9.02. The van der Waals surface area contributed by atoms with Crippen LogP contribution in [0.4, 0.5) is 4.39 Å². The Bertz CT molecular complexity index is 1420. The Morgan fingerprint density at radius 1 is 0.881 bits per heavy atom. The predicted molar refractivity (Wildman–Crippen MR) is 166 cm³/mol. The SMILES string of the molecule is CCCN1C2=C(C(=O)CC(C)(C)C2)C(c2cc(Br)c(OCc3ccc(F)cc3)c(OCC)c2)C2=C1CC(C)(C)CC2=O. The first kappa shape index (κ1) is 30.5. The van der Waals surface area contributed by atoms with Crippen LogP contribution in [0.15, 0.2) is 63.4 Å². The molecule has 2 aromatic carbocycles. The number of rotatable bonds is 8. The summed E-state index contributed by atoms with van der Waals surface area (Å²) in [6.45, 7) is 14.1. The molecule has 0 spiro atoms. The zero-order chi connectivity index (χ0) is 30.4. The van der Waals surface area contributed by atoms with Crippen LogP contribution in [0.2, 0.25) is 0 Å². The summed E-state index contributed by atoms with van der Waals surface area (Å²) in [5, 5.41) is 0. The Kier molecular flexibility index (Phi) is 8.45. The van der Waals surface area contributed by atoms with Crippen molar-refractivity contribution in [2.24, 2.45) is 10.8 Å². The second-order valence-electron chi connectivity index (χ2n) is 13.4. The van der Waals surface area contributed by atoms with Gasteiger partial charge in [0.05, 0.1) is 11.1 Å². The van der Waals surface area contributed by atoms with Crippen LogP contribution in [0.25, 0.3) is 0 Å². The first-order valence-corrected chi connectivity index (χ1v) is 15.8. The van der Waals surface area contributed by atoms with E-state index >= 15 is 0 Å². The number of halogens is 2. The standard InChI is InChI=1S/C35H41BrFNO4/c1-7-13-38-25-16-34(3,4)18-27(39)31(25)30(32-26(38)17-35(5,6)19-28(32)40)22-14-24(36)33(29(15-22)41-8-2)42-20-21-9-11-23(37)12-10-21/h9-12,14-15,30H,7-8,13,16-20H2,1-6H3. The lowest BCUT2D eigenvalue weighted by Gasteiger charge is -2.49. The maximum atomic E-state index is 14.0. The molecule has 1 heterocycles. The van der Waals surface area contributed by atoms with Gasteiger partial charge in [-0.25, -0.2) is 4.39 Å². The van der Waals surface area contributed by atoms with Crippen molar-refractivity contribution in [2.45, 2.75) is 86.2 Å². The van der Waals surface area contributed by atoms with E-state index in [0.29, 0.717) is 35.4 Å². The van der Waals surface area contributed by atoms with Crippen molar-refractivity contribution in [2.75, 3.05) is 13.2 Å². The minimum absolute atomic E-state index is 0.113. The van der Waals surface area contributed by atoms with Gasteiger partial charge in [-0.15, -0.1) is 0 Å². The molecule has 0 fully saturated rings. The number of Topliss-reactive ketones (excluding diaryl/α,β-unsaturated/α-hetero) is 2. The third kappa shape index (κ3) is 5.95. The van der Waals surface area contributed by atoms with Crippen molar-refractivity contribution in [3.8, 4) is 11.5 Å². The number of hydrogen-bond acceptors (Lipinski definition) is 5. The monoisotopic (exact) mass is 637 g/mol. The molecule has 7 heteroatoms. The lowest BCUT2D eigenvalue weighted by molar-refractivity contribution is -0.119. The fraction of sp³-hybridized carbons (Fsp3) is 0.486. The van der Waals surface area contributed by atoms with Crippen LogP contribution in [0.5, 0.6) is 11.5 Å². The maximum absolute atomic E-state index is 14.0. The highest BCUT2D eigenvalue weighted by molar-refractivity contribution is 9.10. The van der Waals surface area contributed by atoms with Crippen LogP contribution < -0.4 is 9.47 Å². The molecular weight excluding hydrogens is 597 g/mol. The van der Waals surface area contributed by atoms with Gasteiger partial charge in [0.1, 0.15) is 12.4 Å². The quantitative estimate of drug-likeness (QED) is 0.290. The normalized spacial score (nSPS) is 20.0.